The molecule has 0 unspecified atom stereocenters. The number of benzene rings is 1. The van der Waals surface area contributed by atoms with Gasteiger partial charge in [0.25, 0.3) is 5.91 Å². The largest absolute Gasteiger partial charge is 0.495 e. The maximum absolute atomic E-state index is 13.4. The van der Waals surface area contributed by atoms with E-state index in [1.807, 2.05) is 30.1 Å². The molecule has 1 aromatic carbocycles. The predicted octanol–water partition coefficient (Wildman–Crippen LogP) is 2.66. The van der Waals surface area contributed by atoms with Gasteiger partial charge in [0.1, 0.15) is 11.4 Å². The summed E-state index contributed by atoms with van der Waals surface area (Å²) in [6.45, 7) is 4.43. The molecule has 27 heavy (non-hydrogen) atoms. The molecule has 1 aromatic heterocycles. The van der Waals surface area contributed by atoms with Crippen molar-refractivity contribution in [3.05, 3.63) is 41.2 Å². The third kappa shape index (κ3) is 3.17. The monoisotopic (exact) mass is 368 g/mol. The number of ether oxygens (including phenoxy) is 1. The van der Waals surface area contributed by atoms with Gasteiger partial charge in [0.05, 0.1) is 18.5 Å². The smallest absolute Gasteiger partial charge is 0.272 e. The minimum absolute atomic E-state index is 0.125. The van der Waals surface area contributed by atoms with Crippen LogP contribution >= 0.6 is 0 Å². The fraction of sp³-hybridized carbons (Fsp3) is 0.524. The standard InChI is InChI=1S/C21H28N4O2/c1-15-14-24(18-10-6-7-11-19(18)27-3)12-13-25(15)21(26)20-16-8-4-5-9-17(16)22-23(20)2/h6-7,10-11,15H,4-5,8-9,12-14H2,1-3H3/t15-/m0/s1. The second-order valence-corrected chi connectivity index (χ2v) is 7.57. The Labute approximate surface area is 160 Å². The van der Waals surface area contributed by atoms with E-state index < -0.39 is 0 Å². The molecule has 1 atom stereocenters. The van der Waals surface area contributed by atoms with Crippen LogP contribution in [0.4, 0.5) is 5.69 Å². The van der Waals surface area contributed by atoms with E-state index in [2.05, 4.69) is 23.0 Å². The highest BCUT2D eigenvalue weighted by molar-refractivity contribution is 5.94. The van der Waals surface area contributed by atoms with Crippen molar-refractivity contribution >= 4 is 11.6 Å². The zero-order valence-electron chi connectivity index (χ0n) is 16.4. The Morgan fingerprint density at radius 2 is 1.96 bits per heavy atom. The summed E-state index contributed by atoms with van der Waals surface area (Å²) >= 11 is 0. The van der Waals surface area contributed by atoms with Crippen LogP contribution in [0, 0.1) is 0 Å². The Morgan fingerprint density at radius 1 is 1.19 bits per heavy atom. The van der Waals surface area contributed by atoms with Gasteiger partial charge in [-0.3, -0.25) is 9.48 Å². The zero-order chi connectivity index (χ0) is 19.0. The average molecular weight is 368 g/mol. The van der Waals surface area contributed by atoms with Crippen LogP contribution in [0.5, 0.6) is 5.75 Å². The van der Waals surface area contributed by atoms with Crippen molar-refractivity contribution in [2.24, 2.45) is 7.05 Å². The van der Waals surface area contributed by atoms with E-state index in [1.165, 1.54) is 12.0 Å². The van der Waals surface area contributed by atoms with Gasteiger partial charge in [-0.2, -0.15) is 5.10 Å². The number of nitrogens with zero attached hydrogens (tertiary/aromatic N) is 4. The van der Waals surface area contributed by atoms with E-state index in [-0.39, 0.29) is 11.9 Å². The predicted molar refractivity (Wildman–Crippen MR) is 106 cm³/mol. The van der Waals surface area contributed by atoms with Crippen LogP contribution in [0.1, 0.15) is 41.5 Å². The molecule has 1 aliphatic heterocycles. The van der Waals surface area contributed by atoms with Crippen molar-refractivity contribution in [1.82, 2.24) is 14.7 Å². The lowest BCUT2D eigenvalue weighted by molar-refractivity contribution is 0.0661. The molecule has 1 fully saturated rings. The number of anilines is 1. The van der Waals surface area contributed by atoms with Crippen LogP contribution in [-0.2, 0) is 19.9 Å². The Morgan fingerprint density at radius 3 is 2.74 bits per heavy atom. The molecule has 2 aliphatic rings. The number of hydrogen-bond acceptors (Lipinski definition) is 4. The quantitative estimate of drug-likeness (QED) is 0.836. The van der Waals surface area contributed by atoms with Crippen LogP contribution < -0.4 is 9.64 Å². The number of amides is 1. The summed E-state index contributed by atoms with van der Waals surface area (Å²) in [5, 5.41) is 4.62. The lowest BCUT2D eigenvalue weighted by atomic mass is 9.95. The first kappa shape index (κ1) is 17.9. The second kappa shape index (κ2) is 7.25. The molecule has 2 heterocycles. The van der Waals surface area contributed by atoms with Gasteiger partial charge in [-0.15, -0.1) is 0 Å². The van der Waals surface area contributed by atoms with Crippen LogP contribution in [0.25, 0.3) is 0 Å². The number of fused-ring (bicyclic) bond motifs is 1. The third-order valence-electron chi connectivity index (χ3n) is 5.84. The molecular weight excluding hydrogens is 340 g/mol. The highest BCUT2D eigenvalue weighted by Crippen LogP contribution is 2.30. The molecule has 1 amide bonds. The van der Waals surface area contributed by atoms with Crippen molar-refractivity contribution in [3.63, 3.8) is 0 Å². The number of carbonyl (C=O) groups excluding carboxylic acids is 1. The number of rotatable bonds is 3. The van der Waals surface area contributed by atoms with Crippen LogP contribution in [-0.4, -0.2) is 53.4 Å². The lowest BCUT2D eigenvalue weighted by Gasteiger charge is -2.41. The molecule has 1 saturated heterocycles. The fourth-order valence-corrected chi connectivity index (χ4v) is 4.45. The summed E-state index contributed by atoms with van der Waals surface area (Å²) in [4.78, 5) is 17.7. The molecule has 6 nitrogen and oxygen atoms in total. The van der Waals surface area contributed by atoms with Gasteiger partial charge in [-0.1, -0.05) is 12.1 Å². The number of methoxy groups -OCH3 is 1. The number of para-hydroxylation sites is 2. The topological polar surface area (TPSA) is 50.6 Å². The van der Waals surface area contributed by atoms with Gasteiger partial charge < -0.3 is 14.5 Å². The first-order valence-electron chi connectivity index (χ1n) is 9.84. The van der Waals surface area contributed by atoms with Gasteiger partial charge in [0.2, 0.25) is 0 Å². The number of aryl methyl sites for hydroxylation is 2. The van der Waals surface area contributed by atoms with E-state index >= 15 is 0 Å². The summed E-state index contributed by atoms with van der Waals surface area (Å²) in [6, 6.07) is 8.21. The molecule has 4 rings (SSSR count). The minimum Gasteiger partial charge on any atom is -0.495 e. The first-order chi connectivity index (χ1) is 13.1. The Kier molecular flexibility index (Phi) is 4.81. The van der Waals surface area contributed by atoms with Crippen molar-refractivity contribution in [2.75, 3.05) is 31.6 Å². The Balaban J connectivity index is 1.54. The molecule has 0 N–H and O–H groups in total. The summed E-state index contributed by atoms with van der Waals surface area (Å²) in [6.07, 6.45) is 4.29. The van der Waals surface area contributed by atoms with E-state index in [1.54, 1.807) is 11.8 Å². The van der Waals surface area contributed by atoms with Crippen LogP contribution in [0.15, 0.2) is 24.3 Å². The summed E-state index contributed by atoms with van der Waals surface area (Å²) in [5.74, 6) is 1.01. The van der Waals surface area contributed by atoms with Gasteiger partial charge in [0.15, 0.2) is 0 Å². The molecule has 6 heteroatoms. The SMILES string of the molecule is COc1ccccc1N1CCN(C(=O)c2c3c(nn2C)CCCC3)[C@@H](C)C1. The van der Waals surface area contributed by atoms with Crippen molar-refractivity contribution in [3.8, 4) is 5.75 Å². The lowest BCUT2D eigenvalue weighted by Crippen LogP contribution is -2.54. The molecule has 0 spiro atoms. The minimum atomic E-state index is 0.125. The molecular formula is C21H28N4O2. The molecule has 0 saturated carbocycles. The Bertz CT molecular complexity index is 845. The summed E-state index contributed by atoms with van der Waals surface area (Å²) < 4.78 is 7.31. The molecule has 2 aromatic rings. The number of aromatic nitrogens is 2. The van der Waals surface area contributed by atoms with E-state index in [0.717, 1.165) is 55.2 Å². The second-order valence-electron chi connectivity index (χ2n) is 7.57. The van der Waals surface area contributed by atoms with Crippen LogP contribution in [0.2, 0.25) is 0 Å². The number of piperazine rings is 1. The van der Waals surface area contributed by atoms with E-state index in [4.69, 9.17) is 4.74 Å². The van der Waals surface area contributed by atoms with E-state index in [0.29, 0.717) is 6.54 Å². The van der Waals surface area contributed by atoms with Gasteiger partial charge in [-0.25, -0.2) is 0 Å². The van der Waals surface area contributed by atoms with Gasteiger partial charge in [-0.05, 0) is 44.7 Å². The number of carbonyl (C=O) groups is 1. The van der Waals surface area contributed by atoms with Gasteiger partial charge in [0, 0.05) is 38.3 Å². The van der Waals surface area contributed by atoms with Crippen LogP contribution in [0.3, 0.4) is 0 Å². The molecule has 1 aliphatic carbocycles. The molecule has 0 bridgehead atoms. The van der Waals surface area contributed by atoms with Crippen molar-refractivity contribution in [2.45, 2.75) is 38.6 Å². The zero-order valence-corrected chi connectivity index (χ0v) is 16.4. The third-order valence-corrected chi connectivity index (χ3v) is 5.84. The summed E-state index contributed by atoms with van der Waals surface area (Å²) in [5.41, 5.74) is 4.18. The van der Waals surface area contributed by atoms with E-state index in [9.17, 15) is 4.79 Å². The van der Waals surface area contributed by atoms with Gasteiger partial charge >= 0.3 is 0 Å². The molecule has 144 valence electrons. The maximum atomic E-state index is 13.4. The number of hydrogen-bond donors (Lipinski definition) is 0. The normalized spacial score (nSPS) is 19.7. The first-order valence-corrected chi connectivity index (χ1v) is 9.84. The molecule has 0 radical (unpaired) electrons. The highest BCUT2D eigenvalue weighted by atomic mass is 16.5. The average Bonchev–Trinajstić information content (AvgIpc) is 3.03. The fourth-order valence-electron chi connectivity index (χ4n) is 4.45. The highest BCUT2D eigenvalue weighted by Gasteiger charge is 2.33. The Hall–Kier alpha value is -2.50. The summed E-state index contributed by atoms with van der Waals surface area (Å²) in [7, 11) is 3.61. The maximum Gasteiger partial charge on any atom is 0.272 e. The van der Waals surface area contributed by atoms with Crippen molar-refractivity contribution < 1.29 is 9.53 Å². The van der Waals surface area contributed by atoms with Crippen molar-refractivity contribution in [1.29, 1.82) is 0 Å².